The molecule has 0 fully saturated rings. The summed E-state index contributed by atoms with van der Waals surface area (Å²) >= 11 is 0. The predicted molar refractivity (Wildman–Crippen MR) is 77.6 cm³/mol. The van der Waals surface area contributed by atoms with E-state index in [0.717, 1.165) is 12.8 Å². The quantitative estimate of drug-likeness (QED) is 0.672. The second-order valence-corrected chi connectivity index (χ2v) is 6.56. The SMILES string of the molecule is CCC(N)(CC)CNS(=O)(=O)CCOC(C)C.Cl. The van der Waals surface area contributed by atoms with Crippen molar-refractivity contribution >= 4 is 22.4 Å². The first kappa shape index (κ1) is 20.4. The van der Waals surface area contributed by atoms with Crippen LogP contribution in [0.25, 0.3) is 0 Å². The molecule has 0 aliphatic carbocycles. The molecule has 0 amide bonds. The Balaban J connectivity index is 0. The van der Waals surface area contributed by atoms with E-state index in [4.69, 9.17) is 10.5 Å². The van der Waals surface area contributed by atoms with Gasteiger partial charge in [0.15, 0.2) is 0 Å². The molecular formula is C11H27ClN2O3S. The van der Waals surface area contributed by atoms with Gasteiger partial charge >= 0.3 is 0 Å². The van der Waals surface area contributed by atoms with Crippen LogP contribution in [0.2, 0.25) is 0 Å². The fourth-order valence-electron chi connectivity index (χ4n) is 1.22. The molecule has 0 spiro atoms. The summed E-state index contributed by atoms with van der Waals surface area (Å²) in [6.07, 6.45) is 1.54. The van der Waals surface area contributed by atoms with Crippen LogP contribution < -0.4 is 10.5 Å². The molecule has 0 heterocycles. The van der Waals surface area contributed by atoms with Gasteiger partial charge in [-0.05, 0) is 26.7 Å². The summed E-state index contributed by atoms with van der Waals surface area (Å²) in [4.78, 5) is 0. The molecule has 0 aromatic rings. The minimum Gasteiger partial charge on any atom is -0.378 e. The lowest BCUT2D eigenvalue weighted by atomic mass is 9.95. The highest BCUT2D eigenvalue weighted by molar-refractivity contribution is 7.89. The Hall–Kier alpha value is 0.120. The summed E-state index contributed by atoms with van der Waals surface area (Å²) in [5.41, 5.74) is 5.57. The van der Waals surface area contributed by atoms with Crippen LogP contribution >= 0.6 is 12.4 Å². The molecule has 0 radical (unpaired) electrons. The highest BCUT2D eigenvalue weighted by Crippen LogP contribution is 2.09. The van der Waals surface area contributed by atoms with Crippen LogP contribution in [0.1, 0.15) is 40.5 Å². The Morgan fingerprint density at radius 2 is 1.78 bits per heavy atom. The average molecular weight is 303 g/mol. The largest absolute Gasteiger partial charge is 0.378 e. The van der Waals surface area contributed by atoms with E-state index in [-0.39, 0.29) is 37.4 Å². The van der Waals surface area contributed by atoms with Crippen molar-refractivity contribution in [2.75, 3.05) is 18.9 Å². The highest BCUT2D eigenvalue weighted by atomic mass is 35.5. The van der Waals surface area contributed by atoms with Gasteiger partial charge in [-0.15, -0.1) is 12.4 Å². The van der Waals surface area contributed by atoms with E-state index in [0.29, 0.717) is 0 Å². The van der Waals surface area contributed by atoms with Gasteiger partial charge in [0.25, 0.3) is 0 Å². The van der Waals surface area contributed by atoms with Crippen molar-refractivity contribution < 1.29 is 13.2 Å². The molecule has 0 aliphatic rings. The number of ether oxygens (including phenoxy) is 1. The van der Waals surface area contributed by atoms with Gasteiger partial charge in [-0.1, -0.05) is 13.8 Å². The zero-order valence-corrected chi connectivity index (χ0v) is 13.4. The molecule has 0 atom stereocenters. The molecule has 0 rings (SSSR count). The minimum atomic E-state index is -3.29. The van der Waals surface area contributed by atoms with Gasteiger partial charge in [0.2, 0.25) is 10.0 Å². The zero-order chi connectivity index (χ0) is 13.5. The maximum absolute atomic E-state index is 11.6. The molecule has 0 saturated heterocycles. The number of nitrogens with one attached hydrogen (secondary N) is 1. The Morgan fingerprint density at radius 3 is 2.17 bits per heavy atom. The van der Waals surface area contributed by atoms with E-state index in [9.17, 15) is 8.42 Å². The standard InChI is InChI=1S/C11H26N2O3S.ClH/c1-5-11(12,6-2)9-13-17(14,15)8-7-16-10(3)4;/h10,13H,5-9,12H2,1-4H3;1H. The number of nitrogens with two attached hydrogens (primary N) is 1. The van der Waals surface area contributed by atoms with Gasteiger partial charge < -0.3 is 10.5 Å². The lowest BCUT2D eigenvalue weighted by Gasteiger charge is -2.26. The third-order valence-corrected chi connectivity index (χ3v) is 4.14. The lowest BCUT2D eigenvalue weighted by molar-refractivity contribution is 0.0911. The number of hydrogen-bond donors (Lipinski definition) is 2. The van der Waals surface area contributed by atoms with Crippen LogP contribution in [0.4, 0.5) is 0 Å². The maximum Gasteiger partial charge on any atom is 0.213 e. The van der Waals surface area contributed by atoms with Crippen LogP contribution in [-0.2, 0) is 14.8 Å². The van der Waals surface area contributed by atoms with Gasteiger partial charge in [-0.2, -0.15) is 0 Å². The van der Waals surface area contributed by atoms with Crippen molar-refractivity contribution in [1.82, 2.24) is 4.72 Å². The first-order chi connectivity index (χ1) is 7.74. The van der Waals surface area contributed by atoms with Gasteiger partial charge in [-0.25, -0.2) is 13.1 Å². The summed E-state index contributed by atoms with van der Waals surface area (Å²) < 4.78 is 31.0. The third-order valence-electron chi connectivity index (χ3n) is 2.86. The van der Waals surface area contributed by atoms with Crippen LogP contribution in [0.15, 0.2) is 0 Å². The van der Waals surface area contributed by atoms with E-state index in [2.05, 4.69) is 4.72 Å². The molecular weight excluding hydrogens is 276 g/mol. The van der Waals surface area contributed by atoms with Gasteiger partial charge in [-0.3, -0.25) is 0 Å². The molecule has 0 unspecified atom stereocenters. The second-order valence-electron chi connectivity index (χ2n) is 4.63. The molecule has 0 saturated carbocycles. The van der Waals surface area contributed by atoms with E-state index in [1.54, 1.807) is 0 Å². The van der Waals surface area contributed by atoms with Crippen molar-refractivity contribution in [3.63, 3.8) is 0 Å². The molecule has 0 bridgehead atoms. The van der Waals surface area contributed by atoms with E-state index >= 15 is 0 Å². The minimum absolute atomic E-state index is 0. The van der Waals surface area contributed by atoms with E-state index in [1.165, 1.54) is 0 Å². The number of rotatable bonds is 9. The van der Waals surface area contributed by atoms with Crippen LogP contribution in [0.5, 0.6) is 0 Å². The molecule has 7 heteroatoms. The Labute approximate surface area is 117 Å². The van der Waals surface area contributed by atoms with Crippen molar-refractivity contribution in [3.05, 3.63) is 0 Å². The second kappa shape index (κ2) is 9.09. The molecule has 0 aliphatic heterocycles. The lowest BCUT2D eigenvalue weighted by Crippen LogP contribution is -2.49. The first-order valence-corrected chi connectivity index (χ1v) is 7.77. The van der Waals surface area contributed by atoms with Crippen molar-refractivity contribution in [3.8, 4) is 0 Å². The van der Waals surface area contributed by atoms with Crippen molar-refractivity contribution in [2.24, 2.45) is 5.73 Å². The summed E-state index contributed by atoms with van der Waals surface area (Å²) in [7, 11) is -3.29. The summed E-state index contributed by atoms with van der Waals surface area (Å²) in [5.74, 6) is -0.0192. The topological polar surface area (TPSA) is 81.4 Å². The molecule has 3 N–H and O–H groups in total. The van der Waals surface area contributed by atoms with Crippen LogP contribution in [0.3, 0.4) is 0 Å². The monoisotopic (exact) mass is 302 g/mol. The number of sulfonamides is 1. The van der Waals surface area contributed by atoms with Crippen molar-refractivity contribution in [1.29, 1.82) is 0 Å². The molecule has 18 heavy (non-hydrogen) atoms. The Bertz CT molecular complexity index is 303. The first-order valence-electron chi connectivity index (χ1n) is 6.12. The maximum atomic E-state index is 11.6. The van der Waals surface area contributed by atoms with Gasteiger partial charge in [0.1, 0.15) is 0 Å². The zero-order valence-electron chi connectivity index (χ0n) is 11.7. The van der Waals surface area contributed by atoms with Gasteiger partial charge in [0.05, 0.1) is 18.5 Å². The highest BCUT2D eigenvalue weighted by Gasteiger charge is 2.22. The van der Waals surface area contributed by atoms with E-state index < -0.39 is 15.6 Å². The Morgan fingerprint density at radius 1 is 1.28 bits per heavy atom. The molecule has 0 aromatic heterocycles. The van der Waals surface area contributed by atoms with E-state index in [1.807, 2.05) is 27.7 Å². The van der Waals surface area contributed by atoms with Crippen LogP contribution in [-0.4, -0.2) is 39.0 Å². The normalized spacial score (nSPS) is 12.6. The summed E-state index contributed by atoms with van der Waals surface area (Å²) in [6, 6.07) is 0. The fourth-order valence-corrected chi connectivity index (χ4v) is 2.19. The summed E-state index contributed by atoms with van der Waals surface area (Å²) in [5, 5.41) is 0. The average Bonchev–Trinajstić information content (AvgIpc) is 2.25. The Kier molecular flexibility index (Phi) is 10.3. The van der Waals surface area contributed by atoms with Crippen LogP contribution in [0, 0.1) is 0 Å². The number of hydrogen-bond acceptors (Lipinski definition) is 4. The third kappa shape index (κ3) is 9.10. The van der Waals surface area contributed by atoms with Gasteiger partial charge in [0, 0.05) is 12.1 Å². The molecule has 112 valence electrons. The number of halogens is 1. The van der Waals surface area contributed by atoms with Crippen molar-refractivity contribution in [2.45, 2.75) is 52.2 Å². The molecule has 0 aromatic carbocycles. The predicted octanol–water partition coefficient (Wildman–Crippen LogP) is 1.27. The smallest absolute Gasteiger partial charge is 0.213 e. The molecule has 5 nitrogen and oxygen atoms in total. The summed E-state index contributed by atoms with van der Waals surface area (Å²) in [6.45, 7) is 8.16. The fraction of sp³-hybridized carbons (Fsp3) is 1.00.